The first-order valence-electron chi connectivity index (χ1n) is 10.9. The third-order valence-electron chi connectivity index (χ3n) is 6.00. The second kappa shape index (κ2) is 10.4. The second-order valence-electron chi connectivity index (χ2n) is 8.42. The predicted molar refractivity (Wildman–Crippen MR) is 125 cm³/mol. The number of carbonyl (C=O) groups excluding carboxylic acids is 3. The van der Waals surface area contributed by atoms with Crippen molar-refractivity contribution in [3.05, 3.63) is 59.7 Å². The van der Waals surface area contributed by atoms with Crippen LogP contribution in [0.2, 0.25) is 0 Å². The Labute approximate surface area is 194 Å². The molecule has 0 bridgehead atoms. The maximum atomic E-state index is 13.1. The minimum Gasteiger partial charge on any atom is -0.493 e. The van der Waals surface area contributed by atoms with Gasteiger partial charge in [-0.1, -0.05) is 30.3 Å². The molecule has 3 amide bonds. The molecule has 0 unspecified atom stereocenters. The van der Waals surface area contributed by atoms with Gasteiger partial charge in [0, 0.05) is 31.7 Å². The summed E-state index contributed by atoms with van der Waals surface area (Å²) < 4.78 is 10.4. The molecule has 0 radical (unpaired) electrons. The molecule has 0 saturated carbocycles. The number of methoxy groups -OCH3 is 2. The fraction of sp³-hybridized carbons (Fsp3) is 0.400. The first kappa shape index (κ1) is 24.1. The number of benzene rings is 2. The summed E-state index contributed by atoms with van der Waals surface area (Å²) in [5, 5.41) is 2.66. The van der Waals surface area contributed by atoms with Crippen molar-refractivity contribution >= 4 is 17.7 Å². The van der Waals surface area contributed by atoms with Gasteiger partial charge in [0.05, 0.1) is 26.2 Å². The molecule has 1 fully saturated rings. The van der Waals surface area contributed by atoms with Crippen molar-refractivity contribution in [2.45, 2.75) is 19.3 Å². The Morgan fingerprint density at radius 3 is 2.09 bits per heavy atom. The minimum atomic E-state index is -0.638. The maximum absolute atomic E-state index is 13.1. The Morgan fingerprint density at radius 1 is 0.879 bits per heavy atom. The van der Waals surface area contributed by atoms with Crippen LogP contribution in [0.25, 0.3) is 0 Å². The summed E-state index contributed by atoms with van der Waals surface area (Å²) in [7, 11) is 3.01. The highest BCUT2D eigenvalue weighted by Crippen LogP contribution is 2.28. The smallest absolute Gasteiger partial charge is 0.251 e. The lowest BCUT2D eigenvalue weighted by atomic mass is 9.83. The van der Waals surface area contributed by atoms with E-state index < -0.39 is 5.41 Å². The first-order chi connectivity index (χ1) is 15.8. The van der Waals surface area contributed by atoms with Crippen LogP contribution < -0.4 is 14.8 Å². The van der Waals surface area contributed by atoms with Crippen molar-refractivity contribution in [1.29, 1.82) is 0 Å². The molecule has 2 aromatic carbocycles. The average Bonchev–Trinajstić information content (AvgIpc) is 2.86. The summed E-state index contributed by atoms with van der Waals surface area (Å²) in [6.45, 7) is 5.52. The Hall–Kier alpha value is -3.55. The Morgan fingerprint density at radius 2 is 1.48 bits per heavy atom. The molecule has 33 heavy (non-hydrogen) atoms. The fourth-order valence-electron chi connectivity index (χ4n) is 3.88. The van der Waals surface area contributed by atoms with Gasteiger partial charge in [0.1, 0.15) is 0 Å². The molecular formula is C25H31N3O5. The molecule has 0 aliphatic carbocycles. The van der Waals surface area contributed by atoms with Crippen LogP contribution in [0.3, 0.4) is 0 Å². The number of rotatable bonds is 7. The van der Waals surface area contributed by atoms with Gasteiger partial charge in [-0.25, -0.2) is 0 Å². The molecule has 1 aliphatic rings. The number of hydrogen-bond donors (Lipinski definition) is 1. The highest BCUT2D eigenvalue weighted by Gasteiger charge is 2.35. The molecule has 1 N–H and O–H groups in total. The molecule has 1 aliphatic heterocycles. The van der Waals surface area contributed by atoms with E-state index in [9.17, 15) is 14.4 Å². The fourth-order valence-corrected chi connectivity index (χ4v) is 3.88. The molecule has 8 heteroatoms. The van der Waals surface area contributed by atoms with Crippen LogP contribution in [0.15, 0.2) is 48.5 Å². The van der Waals surface area contributed by atoms with Crippen molar-refractivity contribution in [2.75, 3.05) is 46.9 Å². The van der Waals surface area contributed by atoms with Crippen LogP contribution in [0.1, 0.15) is 29.8 Å². The van der Waals surface area contributed by atoms with E-state index in [2.05, 4.69) is 5.32 Å². The summed E-state index contributed by atoms with van der Waals surface area (Å²) in [6, 6.07) is 14.5. The zero-order valence-corrected chi connectivity index (χ0v) is 19.6. The third kappa shape index (κ3) is 5.45. The summed E-state index contributed by atoms with van der Waals surface area (Å²) in [5.74, 6) is 0.451. The van der Waals surface area contributed by atoms with E-state index in [1.807, 2.05) is 44.2 Å². The van der Waals surface area contributed by atoms with Gasteiger partial charge in [0.25, 0.3) is 5.91 Å². The van der Waals surface area contributed by atoms with Crippen LogP contribution in [-0.2, 0) is 15.0 Å². The van der Waals surface area contributed by atoms with Gasteiger partial charge in [-0.3, -0.25) is 14.4 Å². The minimum absolute atomic E-state index is 0.0440. The molecule has 176 valence electrons. The Kier molecular flexibility index (Phi) is 7.58. The molecule has 0 aromatic heterocycles. The highest BCUT2D eigenvalue weighted by molar-refractivity contribution is 5.97. The topological polar surface area (TPSA) is 88.2 Å². The van der Waals surface area contributed by atoms with E-state index in [-0.39, 0.29) is 24.3 Å². The summed E-state index contributed by atoms with van der Waals surface area (Å²) in [4.78, 5) is 41.7. The normalized spacial score (nSPS) is 13.9. The third-order valence-corrected chi connectivity index (χ3v) is 6.00. The van der Waals surface area contributed by atoms with Crippen LogP contribution >= 0.6 is 0 Å². The van der Waals surface area contributed by atoms with Crippen LogP contribution in [0.5, 0.6) is 11.5 Å². The Bertz CT molecular complexity index is 998. The number of carbonyl (C=O) groups is 3. The molecule has 8 nitrogen and oxygen atoms in total. The lowest BCUT2D eigenvalue weighted by Crippen LogP contribution is -2.55. The Balaban J connectivity index is 1.51. The van der Waals surface area contributed by atoms with Gasteiger partial charge in [0.15, 0.2) is 11.5 Å². The molecule has 3 rings (SSSR count). The van der Waals surface area contributed by atoms with E-state index in [0.29, 0.717) is 43.2 Å². The van der Waals surface area contributed by atoms with E-state index in [1.54, 1.807) is 28.0 Å². The van der Waals surface area contributed by atoms with Crippen molar-refractivity contribution in [1.82, 2.24) is 15.1 Å². The van der Waals surface area contributed by atoms with E-state index in [0.717, 1.165) is 5.56 Å². The number of piperazine rings is 1. The quantitative estimate of drug-likeness (QED) is 0.694. The monoisotopic (exact) mass is 453 g/mol. The van der Waals surface area contributed by atoms with Crippen molar-refractivity contribution in [3.63, 3.8) is 0 Å². The molecule has 2 aromatic rings. The van der Waals surface area contributed by atoms with Crippen LogP contribution in [-0.4, -0.2) is 74.5 Å². The summed E-state index contributed by atoms with van der Waals surface area (Å²) in [5.41, 5.74) is 0.700. The van der Waals surface area contributed by atoms with E-state index >= 15 is 0 Å². The largest absolute Gasteiger partial charge is 0.493 e. The van der Waals surface area contributed by atoms with Crippen molar-refractivity contribution in [3.8, 4) is 11.5 Å². The standard InChI is InChI=1S/C25H31N3O5/c1-25(2,19-8-6-5-7-9-19)24(31)28-14-12-27(13-15-28)22(29)17-26-23(30)18-10-11-20(32-3)21(16-18)33-4/h5-11,16H,12-15,17H2,1-4H3,(H,26,30). The predicted octanol–water partition coefficient (Wildman–Crippen LogP) is 2.08. The molecule has 1 heterocycles. The molecule has 1 saturated heterocycles. The van der Waals surface area contributed by atoms with Crippen molar-refractivity contribution < 1.29 is 23.9 Å². The van der Waals surface area contributed by atoms with Gasteiger partial charge in [-0.15, -0.1) is 0 Å². The lowest BCUT2D eigenvalue weighted by Gasteiger charge is -2.38. The lowest BCUT2D eigenvalue weighted by molar-refractivity contribution is -0.142. The molecular weight excluding hydrogens is 422 g/mol. The van der Waals surface area contributed by atoms with Crippen molar-refractivity contribution in [2.24, 2.45) is 0 Å². The van der Waals surface area contributed by atoms with Gasteiger partial charge in [-0.2, -0.15) is 0 Å². The summed E-state index contributed by atoms with van der Waals surface area (Å²) >= 11 is 0. The van der Waals surface area contributed by atoms with Gasteiger partial charge in [-0.05, 0) is 37.6 Å². The number of hydrogen-bond acceptors (Lipinski definition) is 5. The number of ether oxygens (including phenoxy) is 2. The van der Waals surface area contributed by atoms with Crippen LogP contribution in [0.4, 0.5) is 0 Å². The average molecular weight is 454 g/mol. The summed E-state index contributed by atoms with van der Waals surface area (Å²) in [6.07, 6.45) is 0. The molecule has 0 atom stereocenters. The zero-order valence-electron chi connectivity index (χ0n) is 19.6. The SMILES string of the molecule is COc1ccc(C(=O)NCC(=O)N2CCN(C(=O)C(C)(C)c3ccccc3)CC2)cc1OC. The molecule has 0 spiro atoms. The van der Waals surface area contributed by atoms with Crippen LogP contribution in [0, 0.1) is 0 Å². The highest BCUT2D eigenvalue weighted by atomic mass is 16.5. The number of nitrogens with one attached hydrogen (secondary N) is 1. The number of nitrogens with zero attached hydrogens (tertiary/aromatic N) is 2. The number of amides is 3. The van der Waals surface area contributed by atoms with Gasteiger partial charge in [0.2, 0.25) is 11.8 Å². The van der Waals surface area contributed by atoms with Gasteiger partial charge < -0.3 is 24.6 Å². The van der Waals surface area contributed by atoms with E-state index in [4.69, 9.17) is 9.47 Å². The first-order valence-corrected chi connectivity index (χ1v) is 10.9. The van der Waals surface area contributed by atoms with Gasteiger partial charge >= 0.3 is 0 Å². The van der Waals surface area contributed by atoms with E-state index in [1.165, 1.54) is 14.2 Å². The maximum Gasteiger partial charge on any atom is 0.251 e. The zero-order chi connectivity index (χ0) is 24.0. The second-order valence-corrected chi connectivity index (χ2v) is 8.42.